The summed E-state index contributed by atoms with van der Waals surface area (Å²) in [7, 11) is -3.85. The largest absolute Gasteiger partial charge is 0.399 e. The van der Waals surface area contributed by atoms with Gasteiger partial charge in [0, 0.05) is 31.9 Å². The number of sulfonamides is 1. The maximum atomic E-state index is 13.7. The molecule has 108 valence electrons. The van der Waals surface area contributed by atoms with Crippen LogP contribution in [-0.4, -0.2) is 50.3 Å². The molecule has 0 radical (unpaired) electrons. The van der Waals surface area contributed by atoms with E-state index in [1.54, 1.807) is 0 Å². The monoisotopic (exact) mass is 297 g/mol. The minimum absolute atomic E-state index is 0.218. The number of piperazine rings is 1. The highest BCUT2D eigenvalue weighted by Crippen LogP contribution is 2.22. The maximum Gasteiger partial charge on any atom is 0.246 e. The van der Waals surface area contributed by atoms with Gasteiger partial charge in [0.05, 0.1) is 6.54 Å². The summed E-state index contributed by atoms with van der Waals surface area (Å²) < 4.78 is 39.8. The molecule has 7 heteroatoms. The lowest BCUT2D eigenvalue weighted by Crippen LogP contribution is -2.48. The Hall–Kier alpha value is -1.62. The molecular formula is C13H16FN3O2S. The van der Waals surface area contributed by atoms with Crippen LogP contribution in [0.25, 0.3) is 0 Å². The molecule has 1 aromatic rings. The van der Waals surface area contributed by atoms with E-state index in [4.69, 9.17) is 12.2 Å². The molecular weight excluding hydrogens is 281 g/mol. The zero-order chi connectivity index (χ0) is 14.8. The van der Waals surface area contributed by atoms with E-state index in [9.17, 15) is 12.8 Å². The molecule has 0 unspecified atom stereocenters. The number of benzene rings is 1. The molecule has 1 heterocycles. The molecule has 0 amide bonds. The minimum Gasteiger partial charge on any atom is -0.399 e. The van der Waals surface area contributed by atoms with Crippen molar-refractivity contribution in [2.75, 3.05) is 38.5 Å². The van der Waals surface area contributed by atoms with Crippen LogP contribution in [0, 0.1) is 18.2 Å². The molecule has 0 atom stereocenters. The Morgan fingerprint density at radius 2 is 1.95 bits per heavy atom. The molecule has 20 heavy (non-hydrogen) atoms. The van der Waals surface area contributed by atoms with Gasteiger partial charge in [-0.3, -0.25) is 4.90 Å². The van der Waals surface area contributed by atoms with Gasteiger partial charge >= 0.3 is 0 Å². The van der Waals surface area contributed by atoms with Crippen LogP contribution >= 0.6 is 0 Å². The van der Waals surface area contributed by atoms with Crippen molar-refractivity contribution in [1.82, 2.24) is 9.21 Å². The summed E-state index contributed by atoms with van der Waals surface area (Å²) in [6.45, 7) is 2.14. The third kappa shape index (κ3) is 2.93. The SMILES string of the molecule is C#CCN1CCN(S(=O)(=O)c2cc(N)ccc2F)CC1. The molecule has 1 aliphatic heterocycles. The molecule has 0 saturated carbocycles. The molecule has 0 aliphatic carbocycles. The maximum absolute atomic E-state index is 13.7. The third-order valence-electron chi connectivity index (χ3n) is 3.22. The van der Waals surface area contributed by atoms with Gasteiger partial charge in [-0.15, -0.1) is 6.42 Å². The lowest BCUT2D eigenvalue weighted by Gasteiger charge is -2.32. The van der Waals surface area contributed by atoms with Gasteiger partial charge in [0.2, 0.25) is 10.0 Å². The summed E-state index contributed by atoms with van der Waals surface area (Å²) in [4.78, 5) is 1.60. The van der Waals surface area contributed by atoms with Crippen LogP contribution in [0.3, 0.4) is 0 Å². The van der Waals surface area contributed by atoms with Crippen LogP contribution in [0.2, 0.25) is 0 Å². The van der Waals surface area contributed by atoms with Crippen LogP contribution < -0.4 is 5.73 Å². The second-order valence-corrected chi connectivity index (χ2v) is 6.48. The lowest BCUT2D eigenvalue weighted by molar-refractivity contribution is 0.206. The van der Waals surface area contributed by atoms with Crippen molar-refractivity contribution in [1.29, 1.82) is 0 Å². The number of rotatable bonds is 3. The van der Waals surface area contributed by atoms with Gasteiger partial charge in [-0.2, -0.15) is 4.31 Å². The molecule has 1 aromatic carbocycles. The smallest absolute Gasteiger partial charge is 0.246 e. The summed E-state index contributed by atoms with van der Waals surface area (Å²) in [5.41, 5.74) is 5.75. The second-order valence-electron chi connectivity index (χ2n) is 4.57. The first-order valence-electron chi connectivity index (χ1n) is 6.16. The van der Waals surface area contributed by atoms with Gasteiger partial charge in [0.1, 0.15) is 10.7 Å². The Labute approximate surface area is 118 Å². The fourth-order valence-corrected chi connectivity index (χ4v) is 3.64. The van der Waals surface area contributed by atoms with Crippen molar-refractivity contribution in [3.8, 4) is 12.3 Å². The number of hydrogen-bond donors (Lipinski definition) is 1. The number of nitrogens with two attached hydrogens (primary N) is 1. The van der Waals surface area contributed by atoms with Crippen LogP contribution in [0.1, 0.15) is 0 Å². The highest BCUT2D eigenvalue weighted by Gasteiger charge is 2.30. The first-order valence-corrected chi connectivity index (χ1v) is 7.60. The number of nitrogen functional groups attached to an aromatic ring is 1. The molecule has 5 nitrogen and oxygen atoms in total. The Morgan fingerprint density at radius 3 is 2.55 bits per heavy atom. The number of halogens is 1. The van der Waals surface area contributed by atoms with Crippen LogP contribution in [-0.2, 0) is 10.0 Å². The standard InChI is InChI=1S/C13H16FN3O2S/c1-2-5-16-6-8-17(9-7-16)20(18,19)13-10-11(15)3-4-12(13)14/h1,3-4,10H,5-9,15H2. The highest BCUT2D eigenvalue weighted by atomic mass is 32.2. The second kappa shape index (κ2) is 5.79. The number of terminal acetylenes is 1. The predicted molar refractivity (Wildman–Crippen MR) is 74.8 cm³/mol. The molecule has 2 rings (SSSR count). The van der Waals surface area contributed by atoms with E-state index in [0.29, 0.717) is 19.6 Å². The van der Waals surface area contributed by atoms with Gasteiger partial charge in [0.25, 0.3) is 0 Å². The van der Waals surface area contributed by atoms with Gasteiger partial charge in [-0.25, -0.2) is 12.8 Å². The summed E-state index contributed by atoms with van der Waals surface area (Å²) >= 11 is 0. The molecule has 0 bridgehead atoms. The molecule has 1 fully saturated rings. The summed E-state index contributed by atoms with van der Waals surface area (Å²) in [6.07, 6.45) is 5.22. The van der Waals surface area contributed by atoms with Crippen LogP contribution in [0.5, 0.6) is 0 Å². The topological polar surface area (TPSA) is 66.6 Å². The van der Waals surface area contributed by atoms with Gasteiger partial charge in [-0.05, 0) is 18.2 Å². The van der Waals surface area contributed by atoms with E-state index in [-0.39, 0.29) is 23.7 Å². The molecule has 1 saturated heterocycles. The predicted octanol–water partition coefficient (Wildman–Crippen LogP) is 0.347. The Bertz CT molecular complexity index is 632. The minimum atomic E-state index is -3.85. The van der Waals surface area contributed by atoms with Crippen LogP contribution in [0.4, 0.5) is 10.1 Å². The third-order valence-corrected chi connectivity index (χ3v) is 5.13. The molecule has 1 aliphatic rings. The van der Waals surface area contributed by atoms with E-state index < -0.39 is 15.8 Å². The Kier molecular flexibility index (Phi) is 4.28. The summed E-state index contributed by atoms with van der Waals surface area (Å²) in [6, 6.07) is 3.55. The van der Waals surface area contributed by atoms with Gasteiger partial charge in [0.15, 0.2) is 0 Å². The van der Waals surface area contributed by atoms with Crippen molar-refractivity contribution in [2.24, 2.45) is 0 Å². The van der Waals surface area contributed by atoms with Crippen LogP contribution in [0.15, 0.2) is 23.1 Å². The van der Waals surface area contributed by atoms with Crippen molar-refractivity contribution < 1.29 is 12.8 Å². The fourth-order valence-electron chi connectivity index (χ4n) is 2.11. The van der Waals surface area contributed by atoms with E-state index in [1.807, 2.05) is 4.90 Å². The van der Waals surface area contributed by atoms with Crippen molar-refractivity contribution >= 4 is 15.7 Å². The quantitative estimate of drug-likeness (QED) is 0.646. The zero-order valence-corrected chi connectivity index (χ0v) is 11.7. The number of nitrogens with zero attached hydrogens (tertiary/aromatic N) is 2. The first kappa shape index (κ1) is 14.8. The van der Waals surface area contributed by atoms with Crippen molar-refractivity contribution in [2.45, 2.75) is 4.90 Å². The average molecular weight is 297 g/mol. The zero-order valence-electron chi connectivity index (χ0n) is 10.9. The summed E-state index contributed by atoms with van der Waals surface area (Å²) in [5.74, 6) is 1.73. The van der Waals surface area contributed by atoms with Crippen molar-refractivity contribution in [3.05, 3.63) is 24.0 Å². The highest BCUT2D eigenvalue weighted by molar-refractivity contribution is 7.89. The number of hydrogen-bond acceptors (Lipinski definition) is 4. The van der Waals surface area contributed by atoms with Crippen molar-refractivity contribution in [3.63, 3.8) is 0 Å². The molecule has 0 aromatic heterocycles. The Morgan fingerprint density at radius 1 is 1.30 bits per heavy atom. The van der Waals surface area contributed by atoms with E-state index >= 15 is 0 Å². The Balaban J connectivity index is 2.20. The van der Waals surface area contributed by atoms with Gasteiger partial charge in [-0.1, -0.05) is 5.92 Å². The van der Waals surface area contributed by atoms with E-state index in [2.05, 4.69) is 5.92 Å². The van der Waals surface area contributed by atoms with E-state index in [0.717, 1.165) is 12.1 Å². The van der Waals surface area contributed by atoms with E-state index in [1.165, 1.54) is 10.4 Å². The number of anilines is 1. The molecule has 0 spiro atoms. The fraction of sp³-hybridized carbons (Fsp3) is 0.385. The summed E-state index contributed by atoms with van der Waals surface area (Å²) in [5, 5.41) is 0. The molecule has 2 N–H and O–H groups in total. The first-order chi connectivity index (χ1) is 9.45. The van der Waals surface area contributed by atoms with Gasteiger partial charge < -0.3 is 5.73 Å². The average Bonchev–Trinajstić information content (AvgIpc) is 2.42. The normalized spacial score (nSPS) is 17.8. The lowest BCUT2D eigenvalue weighted by atomic mass is 10.3.